The molecular weight excluding hydrogens is 212 g/mol. The maximum absolute atomic E-state index is 13.4. The summed E-state index contributed by atoms with van der Waals surface area (Å²) in [5.41, 5.74) is 5.54. The van der Waals surface area contributed by atoms with Crippen LogP contribution in [0.1, 0.15) is 12.0 Å². The molecule has 0 saturated heterocycles. The van der Waals surface area contributed by atoms with E-state index < -0.39 is 11.3 Å². The Morgan fingerprint density at radius 2 is 2.25 bits per heavy atom. The van der Waals surface area contributed by atoms with E-state index in [0.29, 0.717) is 11.2 Å². The van der Waals surface area contributed by atoms with E-state index in [1.54, 1.807) is 24.5 Å². The van der Waals surface area contributed by atoms with Gasteiger partial charge in [-0.3, -0.25) is 0 Å². The van der Waals surface area contributed by atoms with E-state index in [4.69, 9.17) is 5.73 Å². The lowest BCUT2D eigenvalue weighted by Crippen LogP contribution is -2.26. The molecule has 0 aliphatic heterocycles. The molecule has 3 nitrogen and oxygen atoms in total. The molecule has 0 spiro atoms. The van der Waals surface area contributed by atoms with Crippen LogP contribution in [0.3, 0.4) is 0 Å². The van der Waals surface area contributed by atoms with Crippen LogP contribution in [0.4, 0.5) is 8.78 Å². The molecule has 3 N–H and O–H groups in total. The lowest BCUT2D eigenvalue weighted by Gasteiger charge is -2.12. The first kappa shape index (κ1) is 9.72. The fraction of sp³-hybridized carbons (Fsp3) is 0.364. The second-order valence-electron chi connectivity index (χ2n) is 4.27. The molecule has 0 radical (unpaired) electrons. The molecule has 2 aromatic heterocycles. The van der Waals surface area contributed by atoms with Gasteiger partial charge in [-0.15, -0.1) is 0 Å². The number of hydrogen-bond acceptors (Lipinski definition) is 2. The number of aromatic nitrogens is 2. The normalized spacial score (nSPS) is 27.2. The summed E-state index contributed by atoms with van der Waals surface area (Å²) in [6.07, 6.45) is 3.06. The Bertz CT molecular complexity index is 549. The van der Waals surface area contributed by atoms with Crippen molar-refractivity contribution in [2.75, 3.05) is 6.54 Å². The number of nitrogens with two attached hydrogens (primary N) is 1. The summed E-state index contributed by atoms with van der Waals surface area (Å²) >= 11 is 0. The minimum Gasteiger partial charge on any atom is -0.346 e. The van der Waals surface area contributed by atoms with Crippen LogP contribution < -0.4 is 5.73 Å². The standard InChI is InChI=1S/C11H11F2N3/c12-11(13)5-10(11,6-14)8-4-16-9-7(8)2-1-3-15-9/h1-4H,5-6,14H2,(H,15,16). The summed E-state index contributed by atoms with van der Waals surface area (Å²) in [6, 6.07) is 3.53. The van der Waals surface area contributed by atoms with Gasteiger partial charge in [0.1, 0.15) is 5.65 Å². The van der Waals surface area contributed by atoms with Gasteiger partial charge in [0.05, 0.1) is 5.41 Å². The second-order valence-corrected chi connectivity index (χ2v) is 4.27. The third-order valence-electron chi connectivity index (χ3n) is 3.41. The summed E-state index contributed by atoms with van der Waals surface area (Å²) in [5, 5.41) is 0.741. The first-order chi connectivity index (χ1) is 7.61. The van der Waals surface area contributed by atoms with Crippen LogP contribution >= 0.6 is 0 Å². The summed E-state index contributed by atoms with van der Waals surface area (Å²) in [5.74, 6) is -2.69. The Hall–Kier alpha value is -1.49. The third-order valence-corrected chi connectivity index (χ3v) is 3.41. The van der Waals surface area contributed by atoms with Crippen LogP contribution in [0.25, 0.3) is 11.0 Å². The summed E-state index contributed by atoms with van der Waals surface area (Å²) in [6.45, 7) is -0.0398. The van der Waals surface area contributed by atoms with Crippen LogP contribution in [0.2, 0.25) is 0 Å². The van der Waals surface area contributed by atoms with Crippen molar-refractivity contribution in [1.29, 1.82) is 0 Å². The lowest BCUT2D eigenvalue weighted by atomic mass is 9.95. The topological polar surface area (TPSA) is 54.7 Å². The zero-order chi connectivity index (χ0) is 11.4. The fourth-order valence-corrected chi connectivity index (χ4v) is 2.31. The van der Waals surface area contributed by atoms with E-state index in [2.05, 4.69) is 9.97 Å². The third kappa shape index (κ3) is 1.01. The van der Waals surface area contributed by atoms with Crippen LogP contribution in [-0.4, -0.2) is 22.4 Å². The van der Waals surface area contributed by atoms with Gasteiger partial charge >= 0.3 is 0 Å². The minimum absolute atomic E-state index is 0.0398. The minimum atomic E-state index is -2.69. The number of aromatic amines is 1. The number of hydrogen-bond donors (Lipinski definition) is 2. The molecule has 3 rings (SSSR count). The van der Waals surface area contributed by atoms with E-state index in [1.165, 1.54) is 0 Å². The Balaban J connectivity index is 2.20. The average molecular weight is 223 g/mol. The molecule has 1 saturated carbocycles. The van der Waals surface area contributed by atoms with Gasteiger partial charge in [-0.2, -0.15) is 0 Å². The summed E-state index contributed by atoms with van der Waals surface area (Å²) in [7, 11) is 0. The molecule has 0 bridgehead atoms. The van der Waals surface area contributed by atoms with E-state index in [-0.39, 0.29) is 13.0 Å². The van der Waals surface area contributed by atoms with Gasteiger partial charge in [0.15, 0.2) is 0 Å². The van der Waals surface area contributed by atoms with Gasteiger partial charge in [0.2, 0.25) is 0 Å². The molecule has 0 amide bonds. The van der Waals surface area contributed by atoms with Gasteiger partial charge in [0, 0.05) is 30.7 Å². The zero-order valence-electron chi connectivity index (χ0n) is 8.50. The number of halogens is 2. The number of H-pyrrole nitrogens is 1. The molecule has 1 fully saturated rings. The molecule has 84 valence electrons. The molecule has 16 heavy (non-hydrogen) atoms. The Morgan fingerprint density at radius 3 is 2.88 bits per heavy atom. The largest absolute Gasteiger partial charge is 0.346 e. The molecule has 1 unspecified atom stereocenters. The summed E-state index contributed by atoms with van der Waals surface area (Å²) < 4.78 is 26.9. The number of fused-ring (bicyclic) bond motifs is 1. The molecule has 1 atom stereocenters. The van der Waals surface area contributed by atoms with Crippen molar-refractivity contribution in [1.82, 2.24) is 9.97 Å². The van der Waals surface area contributed by atoms with Crippen molar-refractivity contribution in [3.8, 4) is 0 Å². The number of rotatable bonds is 2. The molecule has 0 aromatic carbocycles. The molecule has 1 aliphatic rings. The number of nitrogens with zero attached hydrogens (tertiary/aromatic N) is 1. The van der Waals surface area contributed by atoms with E-state index in [1.807, 2.05) is 0 Å². The van der Waals surface area contributed by atoms with Crippen molar-refractivity contribution in [2.45, 2.75) is 17.8 Å². The lowest BCUT2D eigenvalue weighted by molar-refractivity contribution is 0.0899. The van der Waals surface area contributed by atoms with Crippen molar-refractivity contribution >= 4 is 11.0 Å². The van der Waals surface area contributed by atoms with Crippen molar-refractivity contribution < 1.29 is 8.78 Å². The highest BCUT2D eigenvalue weighted by Gasteiger charge is 2.71. The maximum Gasteiger partial charge on any atom is 0.260 e. The smallest absolute Gasteiger partial charge is 0.260 e. The zero-order valence-corrected chi connectivity index (χ0v) is 8.50. The Morgan fingerprint density at radius 1 is 1.50 bits per heavy atom. The van der Waals surface area contributed by atoms with Gasteiger partial charge < -0.3 is 10.7 Å². The van der Waals surface area contributed by atoms with E-state index in [9.17, 15) is 8.78 Å². The highest BCUT2D eigenvalue weighted by Crippen LogP contribution is 2.61. The van der Waals surface area contributed by atoms with Crippen molar-refractivity contribution in [3.05, 3.63) is 30.1 Å². The number of pyridine rings is 1. The highest BCUT2D eigenvalue weighted by atomic mass is 19.3. The number of nitrogens with one attached hydrogen (secondary N) is 1. The van der Waals surface area contributed by atoms with Crippen molar-refractivity contribution in [3.63, 3.8) is 0 Å². The fourth-order valence-electron chi connectivity index (χ4n) is 2.31. The monoisotopic (exact) mass is 223 g/mol. The first-order valence-corrected chi connectivity index (χ1v) is 5.11. The molecule has 5 heteroatoms. The molecular formula is C11H11F2N3. The SMILES string of the molecule is NCC1(c2c[nH]c3ncccc23)CC1(F)F. The highest BCUT2D eigenvalue weighted by molar-refractivity contribution is 5.82. The predicted molar refractivity (Wildman–Crippen MR) is 56.4 cm³/mol. The van der Waals surface area contributed by atoms with E-state index >= 15 is 0 Å². The predicted octanol–water partition coefficient (Wildman–Crippen LogP) is 1.80. The molecule has 2 heterocycles. The molecule has 1 aliphatic carbocycles. The van der Waals surface area contributed by atoms with Gasteiger partial charge in [-0.05, 0) is 17.7 Å². The van der Waals surface area contributed by atoms with Crippen LogP contribution in [0, 0.1) is 0 Å². The number of alkyl halides is 2. The van der Waals surface area contributed by atoms with Gasteiger partial charge in [-0.25, -0.2) is 13.8 Å². The van der Waals surface area contributed by atoms with E-state index in [0.717, 1.165) is 5.39 Å². The Kier molecular flexibility index (Phi) is 1.70. The van der Waals surface area contributed by atoms with Crippen LogP contribution in [0.15, 0.2) is 24.5 Å². The Labute approximate surface area is 90.7 Å². The average Bonchev–Trinajstić information content (AvgIpc) is 2.67. The van der Waals surface area contributed by atoms with Gasteiger partial charge in [-0.1, -0.05) is 0 Å². The molecule has 2 aromatic rings. The quantitative estimate of drug-likeness (QED) is 0.815. The van der Waals surface area contributed by atoms with Crippen LogP contribution in [-0.2, 0) is 5.41 Å². The summed E-state index contributed by atoms with van der Waals surface area (Å²) in [4.78, 5) is 6.99. The maximum atomic E-state index is 13.4. The van der Waals surface area contributed by atoms with Crippen molar-refractivity contribution in [2.24, 2.45) is 5.73 Å². The first-order valence-electron chi connectivity index (χ1n) is 5.11. The van der Waals surface area contributed by atoms with Gasteiger partial charge in [0.25, 0.3) is 5.92 Å². The second kappa shape index (κ2) is 2.79. The van der Waals surface area contributed by atoms with Crippen LogP contribution in [0.5, 0.6) is 0 Å².